The third kappa shape index (κ3) is 6.34. The number of likely N-dealkylation sites (tertiary alicyclic amines) is 1. The lowest BCUT2D eigenvalue weighted by molar-refractivity contribution is -0.131. The zero-order valence-corrected chi connectivity index (χ0v) is 13.0. The average Bonchev–Trinajstić information content (AvgIpc) is 2.60. The summed E-state index contributed by atoms with van der Waals surface area (Å²) in [5.74, 6) is 1.01. The minimum atomic E-state index is 0.172. The van der Waals surface area contributed by atoms with Gasteiger partial charge in [-0.3, -0.25) is 9.69 Å². The second-order valence-electron chi connectivity index (χ2n) is 5.51. The molecule has 0 radical (unpaired) electrons. The fourth-order valence-electron chi connectivity index (χ4n) is 2.51. The Morgan fingerprint density at radius 1 is 1.42 bits per heavy atom. The van der Waals surface area contributed by atoms with Crippen LogP contribution in [0.1, 0.15) is 39.0 Å². The van der Waals surface area contributed by atoms with Gasteiger partial charge in [0, 0.05) is 20.0 Å². The Morgan fingerprint density at radius 3 is 2.79 bits per heavy atom. The molecule has 1 saturated heterocycles. The second kappa shape index (κ2) is 8.48. The summed E-state index contributed by atoms with van der Waals surface area (Å²) >= 11 is 4.84. The van der Waals surface area contributed by atoms with E-state index in [1.165, 1.54) is 25.7 Å². The number of hydrogen-bond acceptors (Lipinski definition) is 3. The van der Waals surface area contributed by atoms with Crippen LogP contribution in [0.2, 0.25) is 0 Å². The molecule has 1 heterocycles. The normalized spacial score (nSPS) is 20.8. The summed E-state index contributed by atoms with van der Waals surface area (Å²) in [5.41, 5.74) is 5.46. The van der Waals surface area contributed by atoms with Crippen LogP contribution < -0.4 is 5.73 Å². The van der Waals surface area contributed by atoms with Crippen LogP contribution >= 0.6 is 12.2 Å². The predicted octanol–water partition coefficient (Wildman–Crippen LogP) is 1.63. The molecule has 0 bridgehead atoms. The van der Waals surface area contributed by atoms with Crippen molar-refractivity contribution in [2.75, 3.05) is 33.2 Å². The molecule has 19 heavy (non-hydrogen) atoms. The van der Waals surface area contributed by atoms with Crippen molar-refractivity contribution >= 4 is 23.1 Å². The SMILES string of the molecule is CCC1CCCN(CC(=O)N(C)CCC(N)=S)CC1. The van der Waals surface area contributed by atoms with Gasteiger partial charge in [-0.15, -0.1) is 0 Å². The molecule has 0 spiro atoms. The Kier molecular flexibility index (Phi) is 7.31. The van der Waals surface area contributed by atoms with Crippen LogP contribution in [-0.4, -0.2) is 53.9 Å². The molecule has 1 rings (SSSR count). The van der Waals surface area contributed by atoms with E-state index in [-0.39, 0.29) is 5.91 Å². The molecule has 1 atom stereocenters. The first-order valence-corrected chi connectivity index (χ1v) is 7.68. The number of likely N-dealkylation sites (N-methyl/N-ethyl adjacent to an activating group) is 1. The van der Waals surface area contributed by atoms with Gasteiger partial charge in [0.2, 0.25) is 5.91 Å². The highest BCUT2D eigenvalue weighted by atomic mass is 32.1. The van der Waals surface area contributed by atoms with Crippen LogP contribution in [0.15, 0.2) is 0 Å². The van der Waals surface area contributed by atoms with Gasteiger partial charge in [-0.1, -0.05) is 25.6 Å². The molecule has 0 aromatic carbocycles. The summed E-state index contributed by atoms with van der Waals surface area (Å²) < 4.78 is 0. The van der Waals surface area contributed by atoms with E-state index in [0.29, 0.717) is 24.5 Å². The van der Waals surface area contributed by atoms with Crippen molar-refractivity contribution in [2.24, 2.45) is 11.7 Å². The monoisotopic (exact) mass is 285 g/mol. The first-order valence-electron chi connectivity index (χ1n) is 7.27. The lowest BCUT2D eigenvalue weighted by Gasteiger charge is -2.23. The van der Waals surface area contributed by atoms with Gasteiger partial charge in [0.25, 0.3) is 0 Å². The lowest BCUT2D eigenvalue weighted by Crippen LogP contribution is -2.39. The number of rotatable bonds is 6. The van der Waals surface area contributed by atoms with Crippen molar-refractivity contribution < 1.29 is 4.79 Å². The van der Waals surface area contributed by atoms with E-state index in [2.05, 4.69) is 11.8 Å². The molecule has 1 aliphatic heterocycles. The molecule has 5 heteroatoms. The van der Waals surface area contributed by atoms with Gasteiger partial charge < -0.3 is 10.6 Å². The van der Waals surface area contributed by atoms with Gasteiger partial charge in [-0.2, -0.15) is 0 Å². The number of carbonyl (C=O) groups is 1. The highest BCUT2D eigenvalue weighted by Crippen LogP contribution is 2.19. The third-order valence-corrected chi connectivity index (χ3v) is 4.20. The lowest BCUT2D eigenvalue weighted by atomic mass is 9.98. The summed E-state index contributed by atoms with van der Waals surface area (Å²) in [6.07, 6.45) is 5.60. The molecule has 4 nitrogen and oxygen atoms in total. The zero-order chi connectivity index (χ0) is 14.3. The molecule has 0 aromatic heterocycles. The Labute approximate surface area is 122 Å². The maximum atomic E-state index is 12.1. The summed E-state index contributed by atoms with van der Waals surface area (Å²) in [4.78, 5) is 16.6. The van der Waals surface area contributed by atoms with E-state index < -0.39 is 0 Å². The molecule has 110 valence electrons. The first kappa shape index (κ1) is 16.4. The zero-order valence-electron chi connectivity index (χ0n) is 12.2. The molecule has 0 aromatic rings. The molecule has 1 unspecified atom stereocenters. The number of amides is 1. The number of carbonyl (C=O) groups excluding carboxylic acids is 1. The Bertz CT molecular complexity index is 309. The third-order valence-electron chi connectivity index (χ3n) is 4.00. The Morgan fingerprint density at radius 2 is 2.16 bits per heavy atom. The van der Waals surface area contributed by atoms with Crippen molar-refractivity contribution in [1.82, 2.24) is 9.80 Å². The van der Waals surface area contributed by atoms with Gasteiger partial charge in [-0.05, 0) is 38.3 Å². The molecular formula is C14H27N3OS. The molecule has 1 amide bonds. The maximum absolute atomic E-state index is 12.1. The first-order chi connectivity index (χ1) is 9.02. The molecule has 1 aliphatic rings. The van der Waals surface area contributed by atoms with E-state index in [1.807, 2.05) is 7.05 Å². The number of nitrogens with two attached hydrogens (primary N) is 1. The van der Waals surface area contributed by atoms with Gasteiger partial charge >= 0.3 is 0 Å². The van der Waals surface area contributed by atoms with Crippen LogP contribution in [0, 0.1) is 5.92 Å². The number of hydrogen-bond donors (Lipinski definition) is 1. The Hall–Kier alpha value is -0.680. The topological polar surface area (TPSA) is 49.6 Å². The standard InChI is InChI=1S/C14H27N3OS/c1-3-12-5-4-8-17(10-6-12)11-14(18)16(2)9-7-13(15)19/h12H,3-11H2,1-2H3,(H2,15,19). The maximum Gasteiger partial charge on any atom is 0.236 e. The van der Waals surface area contributed by atoms with Gasteiger partial charge in [0.1, 0.15) is 0 Å². The van der Waals surface area contributed by atoms with Crippen LogP contribution in [0.5, 0.6) is 0 Å². The summed E-state index contributed by atoms with van der Waals surface area (Å²) in [6, 6.07) is 0. The molecular weight excluding hydrogens is 258 g/mol. The summed E-state index contributed by atoms with van der Waals surface area (Å²) in [5, 5.41) is 0. The quantitative estimate of drug-likeness (QED) is 0.754. The van der Waals surface area contributed by atoms with Gasteiger partial charge in [0.05, 0.1) is 11.5 Å². The van der Waals surface area contributed by atoms with E-state index in [1.54, 1.807) is 4.90 Å². The van der Waals surface area contributed by atoms with E-state index in [0.717, 1.165) is 19.0 Å². The minimum Gasteiger partial charge on any atom is -0.393 e. The van der Waals surface area contributed by atoms with Crippen LogP contribution in [0.25, 0.3) is 0 Å². The molecule has 0 saturated carbocycles. The predicted molar refractivity (Wildman–Crippen MR) is 83.1 cm³/mol. The number of thiocarbonyl (C=S) groups is 1. The van der Waals surface area contributed by atoms with Crippen LogP contribution in [-0.2, 0) is 4.79 Å². The van der Waals surface area contributed by atoms with Crippen molar-refractivity contribution in [3.05, 3.63) is 0 Å². The summed E-state index contributed by atoms with van der Waals surface area (Å²) in [6.45, 7) is 5.51. The average molecular weight is 285 g/mol. The second-order valence-corrected chi connectivity index (χ2v) is 6.04. The van der Waals surface area contributed by atoms with E-state index >= 15 is 0 Å². The van der Waals surface area contributed by atoms with E-state index in [9.17, 15) is 4.79 Å². The molecule has 0 aliphatic carbocycles. The molecule has 1 fully saturated rings. The van der Waals surface area contributed by atoms with Crippen molar-refractivity contribution in [3.8, 4) is 0 Å². The molecule has 2 N–H and O–H groups in total. The largest absolute Gasteiger partial charge is 0.393 e. The fraction of sp³-hybridized carbons (Fsp3) is 0.857. The Balaban J connectivity index is 2.33. The number of nitrogens with zero attached hydrogens (tertiary/aromatic N) is 2. The van der Waals surface area contributed by atoms with E-state index in [4.69, 9.17) is 18.0 Å². The van der Waals surface area contributed by atoms with Crippen molar-refractivity contribution in [1.29, 1.82) is 0 Å². The highest BCUT2D eigenvalue weighted by molar-refractivity contribution is 7.80. The van der Waals surface area contributed by atoms with Crippen molar-refractivity contribution in [2.45, 2.75) is 39.0 Å². The van der Waals surface area contributed by atoms with Crippen LogP contribution in [0.3, 0.4) is 0 Å². The smallest absolute Gasteiger partial charge is 0.236 e. The highest BCUT2D eigenvalue weighted by Gasteiger charge is 2.19. The van der Waals surface area contributed by atoms with Crippen molar-refractivity contribution in [3.63, 3.8) is 0 Å². The minimum absolute atomic E-state index is 0.172. The van der Waals surface area contributed by atoms with Crippen LogP contribution in [0.4, 0.5) is 0 Å². The fourth-order valence-corrected chi connectivity index (χ4v) is 2.60. The van der Waals surface area contributed by atoms with Gasteiger partial charge in [0.15, 0.2) is 0 Å². The van der Waals surface area contributed by atoms with Gasteiger partial charge in [-0.25, -0.2) is 0 Å². The summed E-state index contributed by atoms with van der Waals surface area (Å²) in [7, 11) is 1.83.